The molecule has 0 aromatic carbocycles. The fourth-order valence-electron chi connectivity index (χ4n) is 1.92. The predicted molar refractivity (Wildman–Crippen MR) is 55.9 cm³/mol. The molecule has 1 aliphatic carbocycles. The van der Waals surface area contributed by atoms with E-state index in [0.29, 0.717) is 0 Å². The van der Waals surface area contributed by atoms with Crippen molar-refractivity contribution in [3.8, 4) is 0 Å². The molecule has 0 aromatic heterocycles. The van der Waals surface area contributed by atoms with Crippen LogP contribution < -0.4 is 0 Å². The summed E-state index contributed by atoms with van der Waals surface area (Å²) in [5.41, 5.74) is 2.90. The molecule has 14 heavy (non-hydrogen) atoms. The fourth-order valence-corrected chi connectivity index (χ4v) is 1.92. The van der Waals surface area contributed by atoms with E-state index >= 15 is 0 Å². The molecule has 2 rings (SSSR count). The van der Waals surface area contributed by atoms with Crippen molar-refractivity contribution < 1.29 is 4.79 Å². The number of hydrogen-bond donors (Lipinski definition) is 0. The number of carbonyl (C=O) groups excluding carboxylic acids is 1. The summed E-state index contributed by atoms with van der Waals surface area (Å²) in [5.74, 6) is 0.893. The van der Waals surface area contributed by atoms with Crippen molar-refractivity contribution in [1.82, 2.24) is 4.90 Å². The van der Waals surface area contributed by atoms with Gasteiger partial charge in [0.05, 0.1) is 11.4 Å². The van der Waals surface area contributed by atoms with E-state index in [-0.39, 0.29) is 0 Å². The number of aliphatic imine (C=N–C) groups is 1. The van der Waals surface area contributed by atoms with E-state index in [4.69, 9.17) is 0 Å². The number of likely N-dealkylation sites (N-methyl/N-ethyl adjacent to an activating group) is 1. The van der Waals surface area contributed by atoms with Crippen LogP contribution in [0.5, 0.6) is 0 Å². The number of aldehydes is 1. The maximum atomic E-state index is 11.0. The summed E-state index contributed by atoms with van der Waals surface area (Å²) < 4.78 is 0. The van der Waals surface area contributed by atoms with Gasteiger partial charge >= 0.3 is 0 Å². The van der Waals surface area contributed by atoms with Crippen LogP contribution in [0.1, 0.15) is 26.2 Å². The third-order valence-electron chi connectivity index (χ3n) is 2.83. The molecule has 3 heteroatoms. The third-order valence-corrected chi connectivity index (χ3v) is 2.83. The Morgan fingerprint density at radius 2 is 2.36 bits per heavy atom. The summed E-state index contributed by atoms with van der Waals surface area (Å²) >= 11 is 0. The van der Waals surface area contributed by atoms with Crippen molar-refractivity contribution in [1.29, 1.82) is 0 Å². The van der Waals surface area contributed by atoms with E-state index in [2.05, 4.69) is 11.1 Å². The zero-order valence-electron chi connectivity index (χ0n) is 8.58. The largest absolute Gasteiger partial charge is 0.330 e. The van der Waals surface area contributed by atoms with Gasteiger partial charge in [-0.25, -0.2) is 4.99 Å². The minimum atomic E-state index is 0.781. The van der Waals surface area contributed by atoms with Crippen LogP contribution in [0.2, 0.25) is 0 Å². The van der Waals surface area contributed by atoms with Gasteiger partial charge in [-0.05, 0) is 26.2 Å². The first-order valence-corrected chi connectivity index (χ1v) is 4.92. The van der Waals surface area contributed by atoms with Crippen LogP contribution in [-0.4, -0.2) is 24.1 Å². The first-order chi connectivity index (χ1) is 6.74. The van der Waals surface area contributed by atoms with Gasteiger partial charge in [0.1, 0.15) is 5.84 Å². The highest BCUT2D eigenvalue weighted by Crippen LogP contribution is 2.31. The molecule has 0 saturated carbocycles. The van der Waals surface area contributed by atoms with Gasteiger partial charge in [0.15, 0.2) is 6.29 Å². The second kappa shape index (κ2) is 3.40. The van der Waals surface area contributed by atoms with E-state index < -0.39 is 0 Å². The first kappa shape index (κ1) is 9.19. The summed E-state index contributed by atoms with van der Waals surface area (Å²) in [4.78, 5) is 17.3. The third kappa shape index (κ3) is 1.29. The summed E-state index contributed by atoms with van der Waals surface area (Å²) in [7, 11) is 1.89. The molecule has 0 N–H and O–H groups in total. The summed E-state index contributed by atoms with van der Waals surface area (Å²) in [5, 5.41) is 0. The number of carbonyl (C=O) groups is 1. The van der Waals surface area contributed by atoms with E-state index in [9.17, 15) is 4.79 Å². The van der Waals surface area contributed by atoms with Gasteiger partial charge in [0.25, 0.3) is 0 Å². The lowest BCUT2D eigenvalue weighted by atomic mass is 9.95. The van der Waals surface area contributed by atoms with Gasteiger partial charge in [0.2, 0.25) is 0 Å². The van der Waals surface area contributed by atoms with E-state index in [1.807, 2.05) is 18.9 Å². The smallest absolute Gasteiger partial charge is 0.166 e. The SMILES string of the molecule is CC1=NC2=CCCCC2=C(C=O)N1C. The molecule has 0 radical (unpaired) electrons. The molecular formula is C11H14N2O. The zero-order valence-corrected chi connectivity index (χ0v) is 8.58. The van der Waals surface area contributed by atoms with Gasteiger partial charge in [-0.3, -0.25) is 4.79 Å². The van der Waals surface area contributed by atoms with Crippen molar-refractivity contribution in [3.05, 3.63) is 23.0 Å². The lowest BCUT2D eigenvalue weighted by Crippen LogP contribution is -2.29. The van der Waals surface area contributed by atoms with Crippen molar-refractivity contribution in [2.24, 2.45) is 4.99 Å². The molecule has 0 unspecified atom stereocenters. The summed E-state index contributed by atoms with van der Waals surface area (Å²) in [6.45, 7) is 1.93. The Hall–Kier alpha value is -1.38. The Morgan fingerprint density at radius 1 is 1.57 bits per heavy atom. The van der Waals surface area contributed by atoms with Gasteiger partial charge in [-0.2, -0.15) is 0 Å². The number of allylic oxidation sites excluding steroid dienone is 3. The molecule has 74 valence electrons. The Bertz CT molecular complexity index is 363. The Morgan fingerprint density at radius 3 is 3.07 bits per heavy atom. The average molecular weight is 190 g/mol. The van der Waals surface area contributed by atoms with Crippen molar-refractivity contribution >= 4 is 12.1 Å². The molecular weight excluding hydrogens is 176 g/mol. The lowest BCUT2D eigenvalue weighted by molar-refractivity contribution is -0.105. The number of hydrogen-bond acceptors (Lipinski definition) is 3. The molecule has 0 amide bonds. The molecule has 0 aromatic rings. The summed E-state index contributed by atoms with van der Waals surface area (Å²) in [6.07, 6.45) is 6.23. The van der Waals surface area contributed by atoms with E-state index in [1.54, 1.807) is 0 Å². The lowest BCUT2D eigenvalue weighted by Gasteiger charge is -2.29. The maximum absolute atomic E-state index is 11.0. The highest BCUT2D eigenvalue weighted by atomic mass is 16.1. The Labute approximate surface area is 83.8 Å². The van der Waals surface area contributed by atoms with E-state index in [0.717, 1.165) is 48.4 Å². The van der Waals surface area contributed by atoms with Crippen LogP contribution in [-0.2, 0) is 4.79 Å². The molecule has 0 atom stereocenters. The molecule has 3 nitrogen and oxygen atoms in total. The molecule has 1 heterocycles. The molecule has 2 aliphatic rings. The molecule has 0 saturated heterocycles. The second-order valence-corrected chi connectivity index (χ2v) is 3.68. The highest BCUT2D eigenvalue weighted by Gasteiger charge is 2.22. The highest BCUT2D eigenvalue weighted by molar-refractivity contribution is 5.92. The standard InChI is InChI=1S/C11H14N2O/c1-8-12-10-6-4-3-5-9(10)11(7-14)13(8)2/h6-7H,3-5H2,1-2H3. The van der Waals surface area contributed by atoms with Crippen molar-refractivity contribution in [2.75, 3.05) is 7.05 Å². The van der Waals surface area contributed by atoms with Crippen LogP contribution in [0, 0.1) is 0 Å². The zero-order chi connectivity index (χ0) is 10.1. The van der Waals surface area contributed by atoms with Gasteiger partial charge < -0.3 is 4.90 Å². The number of nitrogens with zero attached hydrogens (tertiary/aromatic N) is 2. The second-order valence-electron chi connectivity index (χ2n) is 3.68. The molecule has 0 fully saturated rings. The topological polar surface area (TPSA) is 32.7 Å². The molecule has 1 aliphatic heterocycles. The van der Waals surface area contributed by atoms with Gasteiger partial charge in [-0.1, -0.05) is 6.08 Å². The van der Waals surface area contributed by atoms with Gasteiger partial charge in [0, 0.05) is 12.6 Å². The molecule has 0 spiro atoms. The number of amidine groups is 1. The number of fused-ring (bicyclic) bond motifs is 1. The summed E-state index contributed by atoms with van der Waals surface area (Å²) in [6, 6.07) is 0. The maximum Gasteiger partial charge on any atom is 0.166 e. The monoisotopic (exact) mass is 190 g/mol. The number of rotatable bonds is 1. The van der Waals surface area contributed by atoms with Crippen molar-refractivity contribution in [3.63, 3.8) is 0 Å². The minimum absolute atomic E-state index is 0.781. The van der Waals surface area contributed by atoms with Crippen LogP contribution in [0.4, 0.5) is 0 Å². The van der Waals surface area contributed by atoms with Gasteiger partial charge in [-0.15, -0.1) is 0 Å². The van der Waals surface area contributed by atoms with E-state index in [1.165, 1.54) is 0 Å². The van der Waals surface area contributed by atoms with Crippen molar-refractivity contribution in [2.45, 2.75) is 26.2 Å². The normalized spacial score (nSPS) is 21.4. The van der Waals surface area contributed by atoms with Crippen LogP contribution in [0.3, 0.4) is 0 Å². The molecule has 0 bridgehead atoms. The quantitative estimate of drug-likeness (QED) is 0.591. The Balaban J connectivity index is 2.51. The Kier molecular flexibility index (Phi) is 2.23. The minimum Gasteiger partial charge on any atom is -0.330 e. The average Bonchev–Trinajstić information content (AvgIpc) is 2.20. The van der Waals surface area contributed by atoms with Crippen LogP contribution >= 0.6 is 0 Å². The predicted octanol–water partition coefficient (Wildman–Crippen LogP) is 1.87. The van der Waals surface area contributed by atoms with Crippen LogP contribution in [0.25, 0.3) is 0 Å². The first-order valence-electron chi connectivity index (χ1n) is 4.92. The fraction of sp³-hybridized carbons (Fsp3) is 0.455. The van der Waals surface area contributed by atoms with Crippen LogP contribution in [0.15, 0.2) is 28.0 Å².